The predicted molar refractivity (Wildman–Crippen MR) is 118 cm³/mol. The van der Waals surface area contributed by atoms with Crippen LogP contribution in [0.2, 0.25) is 0 Å². The third-order valence-electron chi connectivity index (χ3n) is 6.63. The summed E-state index contributed by atoms with van der Waals surface area (Å²) in [6.07, 6.45) is 5.85. The van der Waals surface area contributed by atoms with E-state index in [-0.39, 0.29) is 11.5 Å². The van der Waals surface area contributed by atoms with Crippen molar-refractivity contribution in [2.45, 2.75) is 44.6 Å². The Morgan fingerprint density at radius 1 is 1.17 bits per heavy atom. The average molecular weight is 410 g/mol. The Balaban J connectivity index is 1.32. The molecule has 2 aliphatic rings. The fourth-order valence-corrected chi connectivity index (χ4v) is 4.78. The molecule has 4 rings (SSSR count). The molecule has 160 valence electrons. The van der Waals surface area contributed by atoms with Gasteiger partial charge in [-0.1, -0.05) is 13.0 Å². The van der Waals surface area contributed by atoms with E-state index in [2.05, 4.69) is 31.2 Å². The Hall–Kier alpha value is -2.67. The largest absolute Gasteiger partial charge is 0.355 e. The molecule has 2 atom stereocenters. The highest BCUT2D eigenvalue weighted by Crippen LogP contribution is 2.36. The van der Waals surface area contributed by atoms with Gasteiger partial charge in [-0.3, -0.25) is 14.5 Å². The Kier molecular flexibility index (Phi) is 6.18. The summed E-state index contributed by atoms with van der Waals surface area (Å²) in [6.45, 7) is 5.93. The van der Waals surface area contributed by atoms with Crippen molar-refractivity contribution in [3.63, 3.8) is 0 Å². The van der Waals surface area contributed by atoms with E-state index in [1.165, 1.54) is 6.42 Å². The standard InChI is InChI=1S/C23H31N5O2/c1-3-16-5-8-20(26-23(16)30)17-4-7-19(14-17)27-10-12-28(13-11-27)21-9-6-18(15-25-21)22(29)24-2/h5-6,8-9,15,17,19H,3-4,7,10-14H2,1-2H3,(H,24,29)(H,26,30)/t17-,19-/m1/s1. The Morgan fingerprint density at radius 3 is 2.60 bits per heavy atom. The number of pyridine rings is 2. The molecule has 2 N–H and O–H groups in total. The molecule has 1 saturated heterocycles. The van der Waals surface area contributed by atoms with Crippen LogP contribution in [0.4, 0.5) is 5.82 Å². The highest BCUT2D eigenvalue weighted by Gasteiger charge is 2.32. The van der Waals surface area contributed by atoms with E-state index in [1.54, 1.807) is 13.2 Å². The molecule has 2 fully saturated rings. The number of hydrogen-bond acceptors (Lipinski definition) is 5. The van der Waals surface area contributed by atoms with Crippen LogP contribution >= 0.6 is 0 Å². The zero-order valence-electron chi connectivity index (χ0n) is 17.9. The summed E-state index contributed by atoms with van der Waals surface area (Å²) >= 11 is 0. The molecule has 0 radical (unpaired) electrons. The van der Waals surface area contributed by atoms with Crippen LogP contribution in [-0.2, 0) is 6.42 Å². The van der Waals surface area contributed by atoms with Gasteiger partial charge < -0.3 is 15.2 Å². The Bertz CT molecular complexity index is 931. The molecule has 0 aromatic carbocycles. The van der Waals surface area contributed by atoms with Crippen molar-refractivity contribution in [1.82, 2.24) is 20.2 Å². The van der Waals surface area contributed by atoms with Crippen LogP contribution in [0, 0.1) is 0 Å². The van der Waals surface area contributed by atoms with Gasteiger partial charge in [0.05, 0.1) is 5.56 Å². The summed E-state index contributed by atoms with van der Waals surface area (Å²) in [6, 6.07) is 8.44. The molecule has 2 aromatic heterocycles. The lowest BCUT2D eigenvalue weighted by Gasteiger charge is -2.38. The average Bonchev–Trinajstić information content (AvgIpc) is 3.29. The molecule has 1 amide bonds. The highest BCUT2D eigenvalue weighted by molar-refractivity contribution is 5.93. The van der Waals surface area contributed by atoms with E-state index in [9.17, 15) is 9.59 Å². The molecule has 1 aliphatic heterocycles. The quantitative estimate of drug-likeness (QED) is 0.791. The number of carbonyl (C=O) groups excluding carboxylic acids is 1. The van der Waals surface area contributed by atoms with E-state index in [1.807, 2.05) is 25.1 Å². The summed E-state index contributed by atoms with van der Waals surface area (Å²) < 4.78 is 0. The number of nitrogens with one attached hydrogen (secondary N) is 2. The number of rotatable bonds is 5. The van der Waals surface area contributed by atoms with Gasteiger partial charge in [0.25, 0.3) is 11.5 Å². The zero-order chi connectivity index (χ0) is 21.1. The minimum absolute atomic E-state index is 0.0713. The lowest BCUT2D eigenvalue weighted by molar-refractivity contribution is 0.0962. The first-order valence-corrected chi connectivity index (χ1v) is 11.0. The SMILES string of the molecule is CCc1ccc([C@@H]2CC[C@@H](N3CCN(c4ccc(C(=O)NC)cn4)CC3)C2)[nH]c1=O. The van der Waals surface area contributed by atoms with Crippen LogP contribution in [0.25, 0.3) is 0 Å². The number of aromatic amines is 1. The van der Waals surface area contributed by atoms with Crippen molar-refractivity contribution in [3.05, 3.63) is 57.6 Å². The molecule has 0 unspecified atom stereocenters. The molecule has 30 heavy (non-hydrogen) atoms. The first-order valence-electron chi connectivity index (χ1n) is 11.0. The second-order valence-corrected chi connectivity index (χ2v) is 8.29. The number of aryl methyl sites for hydroxylation is 1. The minimum atomic E-state index is -0.111. The van der Waals surface area contributed by atoms with Crippen molar-refractivity contribution < 1.29 is 4.79 Å². The molecule has 0 bridgehead atoms. The zero-order valence-corrected chi connectivity index (χ0v) is 17.9. The van der Waals surface area contributed by atoms with Crippen molar-refractivity contribution in [1.29, 1.82) is 0 Å². The second-order valence-electron chi connectivity index (χ2n) is 8.29. The normalized spacial score (nSPS) is 22.3. The van der Waals surface area contributed by atoms with E-state index >= 15 is 0 Å². The lowest BCUT2D eigenvalue weighted by atomic mass is 10.0. The van der Waals surface area contributed by atoms with Gasteiger partial charge in [-0.25, -0.2) is 4.98 Å². The second kappa shape index (κ2) is 9.00. The van der Waals surface area contributed by atoms with E-state index in [0.29, 0.717) is 17.5 Å². The Morgan fingerprint density at radius 2 is 1.97 bits per heavy atom. The molecule has 1 saturated carbocycles. The van der Waals surface area contributed by atoms with Crippen LogP contribution < -0.4 is 15.8 Å². The van der Waals surface area contributed by atoms with Crippen molar-refractivity contribution in [2.24, 2.45) is 0 Å². The maximum Gasteiger partial charge on any atom is 0.252 e. The van der Waals surface area contributed by atoms with Gasteiger partial charge in [0, 0.05) is 62.6 Å². The summed E-state index contributed by atoms with van der Waals surface area (Å²) in [5.74, 6) is 1.27. The third kappa shape index (κ3) is 4.26. The fourth-order valence-electron chi connectivity index (χ4n) is 4.78. The molecule has 3 heterocycles. The maximum absolute atomic E-state index is 12.2. The molecule has 7 nitrogen and oxygen atoms in total. The van der Waals surface area contributed by atoms with Gasteiger partial charge in [-0.2, -0.15) is 0 Å². The van der Waals surface area contributed by atoms with Crippen LogP contribution in [0.3, 0.4) is 0 Å². The number of hydrogen-bond donors (Lipinski definition) is 2. The summed E-state index contributed by atoms with van der Waals surface area (Å²) in [5, 5.41) is 2.62. The van der Waals surface area contributed by atoms with Crippen molar-refractivity contribution >= 4 is 11.7 Å². The van der Waals surface area contributed by atoms with Gasteiger partial charge >= 0.3 is 0 Å². The molecule has 2 aromatic rings. The van der Waals surface area contributed by atoms with Crippen LogP contribution in [0.5, 0.6) is 0 Å². The smallest absolute Gasteiger partial charge is 0.252 e. The fraction of sp³-hybridized carbons (Fsp3) is 0.522. The topological polar surface area (TPSA) is 81.3 Å². The first kappa shape index (κ1) is 20.6. The van der Waals surface area contributed by atoms with Gasteiger partial charge in [-0.15, -0.1) is 0 Å². The molecule has 1 aliphatic carbocycles. The van der Waals surface area contributed by atoms with E-state index in [4.69, 9.17) is 0 Å². The first-order chi connectivity index (χ1) is 14.6. The highest BCUT2D eigenvalue weighted by atomic mass is 16.1. The molecular formula is C23H31N5O2. The third-order valence-corrected chi connectivity index (χ3v) is 6.63. The number of nitrogens with zero attached hydrogens (tertiary/aromatic N) is 3. The molecular weight excluding hydrogens is 378 g/mol. The number of amides is 1. The monoisotopic (exact) mass is 409 g/mol. The summed E-state index contributed by atoms with van der Waals surface area (Å²) in [5.41, 5.74) is 2.61. The number of piperazine rings is 1. The van der Waals surface area contributed by atoms with E-state index < -0.39 is 0 Å². The number of H-pyrrole nitrogens is 1. The number of aromatic nitrogens is 2. The van der Waals surface area contributed by atoms with Crippen LogP contribution in [-0.4, -0.2) is 60.0 Å². The van der Waals surface area contributed by atoms with Crippen molar-refractivity contribution in [3.8, 4) is 0 Å². The minimum Gasteiger partial charge on any atom is -0.355 e. The van der Waals surface area contributed by atoms with E-state index in [0.717, 1.165) is 62.5 Å². The number of carbonyl (C=O) groups is 1. The molecule has 0 spiro atoms. The predicted octanol–water partition coefficient (Wildman–Crippen LogP) is 2.15. The van der Waals surface area contributed by atoms with Gasteiger partial charge in [-0.05, 0) is 43.9 Å². The van der Waals surface area contributed by atoms with Crippen LogP contribution in [0.15, 0.2) is 35.3 Å². The van der Waals surface area contributed by atoms with Crippen molar-refractivity contribution in [2.75, 3.05) is 38.1 Å². The maximum atomic E-state index is 12.2. The Labute approximate surface area is 177 Å². The summed E-state index contributed by atoms with van der Waals surface area (Å²) in [7, 11) is 1.63. The van der Waals surface area contributed by atoms with Gasteiger partial charge in [0.2, 0.25) is 0 Å². The van der Waals surface area contributed by atoms with Crippen LogP contribution in [0.1, 0.15) is 53.7 Å². The summed E-state index contributed by atoms with van der Waals surface area (Å²) in [4.78, 5) is 36.3. The van der Waals surface area contributed by atoms with Gasteiger partial charge in [0.15, 0.2) is 0 Å². The number of anilines is 1. The lowest BCUT2D eigenvalue weighted by Crippen LogP contribution is -2.50. The van der Waals surface area contributed by atoms with Gasteiger partial charge in [0.1, 0.15) is 5.82 Å². The molecule has 7 heteroatoms.